The summed E-state index contributed by atoms with van der Waals surface area (Å²) in [6.07, 6.45) is 1.95. The molecule has 5 rings (SSSR count). The molecule has 0 spiro atoms. The third-order valence-corrected chi connectivity index (χ3v) is 6.44. The van der Waals surface area contributed by atoms with Crippen LogP contribution < -0.4 is 9.91 Å². The first kappa shape index (κ1) is 24.1. The van der Waals surface area contributed by atoms with Gasteiger partial charge in [0.1, 0.15) is 0 Å². The number of para-hydroxylation sites is 3. The van der Waals surface area contributed by atoms with Crippen molar-refractivity contribution >= 4 is 34.7 Å². The predicted molar refractivity (Wildman–Crippen MR) is 158 cm³/mol. The lowest BCUT2D eigenvalue weighted by molar-refractivity contribution is 1.09. The number of nitrogens with zero attached hydrogens (tertiary/aromatic N) is 3. The highest BCUT2D eigenvalue weighted by Crippen LogP contribution is 2.37. The van der Waals surface area contributed by atoms with E-state index in [4.69, 9.17) is 5.10 Å². The molecule has 0 saturated carbocycles. The molecule has 3 heteroatoms. The standard InChI is InChI=1S/C34H31N3/c1-26-13-12-19-32(23-26)36(34-20-11-10-14-27(34)2)33-22-21-29(28(3)24-33)25-35-37(30-15-6-4-7-16-30)31-17-8-5-9-18-31/h4-25H,1-3H3/b35-25+. The SMILES string of the molecule is Cc1cccc(N(c2ccc(/C=N/N(c3ccccc3)c3ccccc3)c(C)c2)c2ccccc2C)c1. The second-order valence-corrected chi connectivity index (χ2v) is 9.23. The van der Waals surface area contributed by atoms with Crippen molar-refractivity contribution in [3.63, 3.8) is 0 Å². The van der Waals surface area contributed by atoms with Crippen molar-refractivity contribution in [1.29, 1.82) is 0 Å². The van der Waals surface area contributed by atoms with E-state index in [0.717, 1.165) is 33.9 Å². The van der Waals surface area contributed by atoms with E-state index in [1.165, 1.54) is 16.8 Å². The monoisotopic (exact) mass is 481 g/mol. The van der Waals surface area contributed by atoms with Gasteiger partial charge in [-0.25, -0.2) is 5.01 Å². The van der Waals surface area contributed by atoms with Gasteiger partial charge < -0.3 is 4.90 Å². The van der Waals surface area contributed by atoms with Crippen LogP contribution in [0.5, 0.6) is 0 Å². The largest absolute Gasteiger partial charge is 0.310 e. The van der Waals surface area contributed by atoms with Crippen LogP contribution in [0, 0.1) is 20.8 Å². The molecular formula is C34H31N3. The maximum atomic E-state index is 4.91. The average Bonchev–Trinajstić information content (AvgIpc) is 2.92. The molecule has 0 aliphatic carbocycles. The lowest BCUT2D eigenvalue weighted by Crippen LogP contribution is -2.12. The van der Waals surface area contributed by atoms with Gasteiger partial charge in [-0.15, -0.1) is 0 Å². The van der Waals surface area contributed by atoms with Crippen molar-refractivity contribution in [2.45, 2.75) is 20.8 Å². The Balaban J connectivity index is 1.52. The van der Waals surface area contributed by atoms with Crippen LogP contribution >= 0.6 is 0 Å². The van der Waals surface area contributed by atoms with Gasteiger partial charge in [-0.1, -0.05) is 72.8 Å². The highest BCUT2D eigenvalue weighted by atomic mass is 15.5. The van der Waals surface area contributed by atoms with Gasteiger partial charge in [0, 0.05) is 17.1 Å². The van der Waals surface area contributed by atoms with Crippen molar-refractivity contribution in [1.82, 2.24) is 0 Å². The third-order valence-electron chi connectivity index (χ3n) is 6.44. The van der Waals surface area contributed by atoms with Crippen molar-refractivity contribution in [3.05, 3.63) is 150 Å². The van der Waals surface area contributed by atoms with Crippen LogP contribution in [-0.2, 0) is 0 Å². The molecule has 0 aliphatic heterocycles. The van der Waals surface area contributed by atoms with E-state index >= 15 is 0 Å². The van der Waals surface area contributed by atoms with Crippen LogP contribution in [0.25, 0.3) is 0 Å². The minimum Gasteiger partial charge on any atom is -0.310 e. The Morgan fingerprint density at radius 3 is 1.73 bits per heavy atom. The van der Waals surface area contributed by atoms with E-state index in [1.54, 1.807) is 0 Å². The molecule has 182 valence electrons. The number of anilines is 5. The Bertz CT molecular complexity index is 1470. The third kappa shape index (κ3) is 5.46. The number of rotatable bonds is 7. The smallest absolute Gasteiger partial charge is 0.0652 e. The van der Waals surface area contributed by atoms with Gasteiger partial charge in [-0.2, -0.15) is 5.10 Å². The predicted octanol–water partition coefficient (Wildman–Crippen LogP) is 9.25. The van der Waals surface area contributed by atoms with E-state index in [2.05, 4.69) is 117 Å². The molecule has 0 unspecified atom stereocenters. The Morgan fingerprint density at radius 1 is 0.514 bits per heavy atom. The molecule has 0 aromatic heterocycles. The summed E-state index contributed by atoms with van der Waals surface area (Å²) in [4.78, 5) is 2.33. The quantitative estimate of drug-likeness (QED) is 0.170. The molecular weight excluding hydrogens is 450 g/mol. The molecule has 5 aromatic rings. The zero-order valence-electron chi connectivity index (χ0n) is 21.5. The molecule has 0 aliphatic rings. The summed E-state index contributed by atoms with van der Waals surface area (Å²) >= 11 is 0. The summed E-state index contributed by atoms with van der Waals surface area (Å²) in [7, 11) is 0. The van der Waals surface area contributed by atoms with Crippen LogP contribution in [0.2, 0.25) is 0 Å². The minimum atomic E-state index is 1.02. The van der Waals surface area contributed by atoms with Crippen LogP contribution in [0.15, 0.2) is 132 Å². The Labute approximate surface area is 220 Å². The molecule has 5 aromatic carbocycles. The number of aryl methyl sites for hydroxylation is 3. The van der Waals surface area contributed by atoms with Gasteiger partial charge in [0.2, 0.25) is 0 Å². The van der Waals surface area contributed by atoms with Gasteiger partial charge >= 0.3 is 0 Å². The fraction of sp³-hybridized carbons (Fsp3) is 0.0882. The second kappa shape index (κ2) is 11.0. The van der Waals surface area contributed by atoms with Gasteiger partial charge in [0.25, 0.3) is 0 Å². The van der Waals surface area contributed by atoms with E-state index in [-0.39, 0.29) is 0 Å². The summed E-state index contributed by atoms with van der Waals surface area (Å²) in [6.45, 7) is 6.44. The first-order valence-electron chi connectivity index (χ1n) is 12.6. The lowest BCUT2D eigenvalue weighted by Gasteiger charge is -2.28. The number of benzene rings is 5. The summed E-state index contributed by atoms with van der Waals surface area (Å²) in [5.74, 6) is 0. The molecule has 0 bridgehead atoms. The van der Waals surface area contributed by atoms with Crippen LogP contribution in [0.3, 0.4) is 0 Å². The van der Waals surface area contributed by atoms with E-state index in [0.29, 0.717) is 0 Å². The van der Waals surface area contributed by atoms with Crippen molar-refractivity contribution in [2.75, 3.05) is 9.91 Å². The molecule has 0 radical (unpaired) electrons. The van der Waals surface area contributed by atoms with E-state index < -0.39 is 0 Å². The van der Waals surface area contributed by atoms with E-state index in [1.807, 2.05) is 47.6 Å². The normalized spacial score (nSPS) is 11.0. The summed E-state index contributed by atoms with van der Waals surface area (Å²) < 4.78 is 0. The Morgan fingerprint density at radius 2 is 1.11 bits per heavy atom. The molecule has 0 amide bonds. The number of hydrogen-bond acceptors (Lipinski definition) is 3. The van der Waals surface area contributed by atoms with Crippen molar-refractivity contribution < 1.29 is 0 Å². The maximum Gasteiger partial charge on any atom is 0.0652 e. The Hall–Kier alpha value is -4.63. The fourth-order valence-corrected chi connectivity index (χ4v) is 4.49. The summed E-state index contributed by atoms with van der Waals surface area (Å²) in [5, 5.41) is 6.88. The highest BCUT2D eigenvalue weighted by Gasteiger charge is 2.15. The summed E-state index contributed by atoms with van der Waals surface area (Å²) in [6, 6.07) is 44.2. The lowest BCUT2D eigenvalue weighted by atomic mass is 10.1. The van der Waals surface area contributed by atoms with Gasteiger partial charge in [0.05, 0.1) is 17.6 Å². The summed E-state index contributed by atoms with van der Waals surface area (Å²) in [5.41, 5.74) is 10.2. The van der Waals surface area contributed by atoms with Crippen molar-refractivity contribution in [2.24, 2.45) is 5.10 Å². The fourth-order valence-electron chi connectivity index (χ4n) is 4.49. The highest BCUT2D eigenvalue weighted by molar-refractivity contribution is 5.86. The molecule has 37 heavy (non-hydrogen) atoms. The zero-order valence-corrected chi connectivity index (χ0v) is 21.5. The minimum absolute atomic E-state index is 1.02. The van der Waals surface area contributed by atoms with Gasteiger partial charge in [0.15, 0.2) is 0 Å². The molecule has 0 atom stereocenters. The molecule has 0 heterocycles. The van der Waals surface area contributed by atoms with Gasteiger partial charge in [-0.3, -0.25) is 0 Å². The second-order valence-electron chi connectivity index (χ2n) is 9.23. The van der Waals surface area contributed by atoms with Crippen molar-refractivity contribution in [3.8, 4) is 0 Å². The molecule has 0 fully saturated rings. The maximum absolute atomic E-state index is 4.91. The Kier molecular flexibility index (Phi) is 7.14. The van der Waals surface area contributed by atoms with Crippen LogP contribution in [0.4, 0.5) is 28.4 Å². The van der Waals surface area contributed by atoms with Crippen LogP contribution in [-0.4, -0.2) is 6.21 Å². The first-order chi connectivity index (χ1) is 18.1. The topological polar surface area (TPSA) is 18.8 Å². The molecule has 3 nitrogen and oxygen atoms in total. The van der Waals surface area contributed by atoms with Gasteiger partial charge in [-0.05, 0) is 97.6 Å². The molecule has 0 N–H and O–H groups in total. The zero-order chi connectivity index (χ0) is 25.6. The average molecular weight is 482 g/mol. The van der Waals surface area contributed by atoms with Crippen LogP contribution in [0.1, 0.15) is 22.3 Å². The number of hydrazone groups is 1. The molecule has 0 saturated heterocycles. The number of hydrogen-bond donors (Lipinski definition) is 0. The van der Waals surface area contributed by atoms with E-state index in [9.17, 15) is 0 Å². The first-order valence-corrected chi connectivity index (χ1v) is 12.6.